The summed E-state index contributed by atoms with van der Waals surface area (Å²) >= 11 is 3.26. The van der Waals surface area contributed by atoms with Crippen molar-refractivity contribution in [2.75, 3.05) is 13.2 Å². The topological polar surface area (TPSA) is 29.5 Å². The van der Waals surface area contributed by atoms with Crippen LogP contribution in [0.15, 0.2) is 30.3 Å². The number of hydrogen-bond acceptors (Lipinski definition) is 2. The van der Waals surface area contributed by atoms with E-state index in [-0.39, 0.29) is 11.4 Å². The molecule has 0 aliphatic rings. The molecule has 1 atom stereocenters. The molecule has 3 heteroatoms. The minimum atomic E-state index is 0.0118. The van der Waals surface area contributed by atoms with Gasteiger partial charge in [-0.1, -0.05) is 34.1 Å². The van der Waals surface area contributed by atoms with Gasteiger partial charge in [0.2, 0.25) is 0 Å². The molecular weight excluding hydrogens is 220 g/mol. The number of aliphatic hydroxyl groups is 1. The lowest BCUT2D eigenvalue weighted by Crippen LogP contribution is -2.14. The van der Waals surface area contributed by atoms with E-state index < -0.39 is 0 Å². The number of alkyl halides is 1. The highest BCUT2D eigenvalue weighted by molar-refractivity contribution is 9.09. The Hall–Kier alpha value is -0.540. The zero-order chi connectivity index (χ0) is 8.81. The van der Waals surface area contributed by atoms with Gasteiger partial charge in [-0.3, -0.25) is 0 Å². The summed E-state index contributed by atoms with van der Waals surface area (Å²) in [7, 11) is 0. The van der Waals surface area contributed by atoms with Crippen LogP contribution < -0.4 is 4.74 Å². The van der Waals surface area contributed by atoms with Crippen LogP contribution in [0, 0.1) is 0 Å². The van der Waals surface area contributed by atoms with Crippen LogP contribution in [0.4, 0.5) is 0 Å². The standard InChI is InChI=1S/C9H11BrO2/c10-8(6-11)7-12-9-4-2-1-3-5-9/h1-5,8,11H,6-7H2/t8-/m1/s1. The van der Waals surface area contributed by atoms with Crippen molar-refractivity contribution in [1.29, 1.82) is 0 Å². The Morgan fingerprint density at radius 3 is 2.58 bits per heavy atom. The maximum atomic E-state index is 8.69. The van der Waals surface area contributed by atoms with Crippen molar-refractivity contribution >= 4 is 15.9 Å². The number of para-hydroxylation sites is 1. The SMILES string of the molecule is OC[C@@H](Br)COc1ccccc1. The van der Waals surface area contributed by atoms with Crippen molar-refractivity contribution in [1.82, 2.24) is 0 Å². The molecule has 0 heterocycles. The monoisotopic (exact) mass is 230 g/mol. The van der Waals surface area contributed by atoms with Crippen LogP contribution in [0.25, 0.3) is 0 Å². The van der Waals surface area contributed by atoms with Crippen molar-refractivity contribution in [3.05, 3.63) is 30.3 Å². The van der Waals surface area contributed by atoms with E-state index in [0.717, 1.165) is 5.75 Å². The molecule has 0 bridgehead atoms. The predicted molar refractivity (Wildman–Crippen MR) is 51.7 cm³/mol. The lowest BCUT2D eigenvalue weighted by Gasteiger charge is -2.08. The molecule has 1 N–H and O–H groups in total. The zero-order valence-electron chi connectivity index (χ0n) is 6.61. The number of aliphatic hydroxyl groups excluding tert-OH is 1. The number of benzene rings is 1. The smallest absolute Gasteiger partial charge is 0.119 e. The minimum Gasteiger partial charge on any atom is -0.492 e. The Labute approximate surface area is 80.3 Å². The Bertz CT molecular complexity index is 213. The normalized spacial score (nSPS) is 12.5. The van der Waals surface area contributed by atoms with E-state index in [1.807, 2.05) is 30.3 Å². The van der Waals surface area contributed by atoms with Gasteiger partial charge in [0.25, 0.3) is 0 Å². The second-order valence-electron chi connectivity index (χ2n) is 2.40. The molecule has 0 aliphatic carbocycles. The fourth-order valence-electron chi connectivity index (χ4n) is 0.756. The molecule has 0 amide bonds. The first-order valence-corrected chi connectivity index (χ1v) is 4.67. The molecule has 0 saturated carbocycles. The lowest BCUT2D eigenvalue weighted by atomic mass is 10.3. The van der Waals surface area contributed by atoms with Crippen molar-refractivity contribution in [2.45, 2.75) is 4.83 Å². The summed E-state index contributed by atoms with van der Waals surface area (Å²) < 4.78 is 5.35. The largest absolute Gasteiger partial charge is 0.492 e. The molecule has 0 radical (unpaired) electrons. The van der Waals surface area contributed by atoms with E-state index in [1.165, 1.54) is 0 Å². The van der Waals surface area contributed by atoms with E-state index >= 15 is 0 Å². The highest BCUT2D eigenvalue weighted by atomic mass is 79.9. The second kappa shape index (κ2) is 5.17. The van der Waals surface area contributed by atoms with Gasteiger partial charge >= 0.3 is 0 Å². The first kappa shape index (κ1) is 9.55. The predicted octanol–water partition coefficient (Wildman–Crippen LogP) is 1.82. The van der Waals surface area contributed by atoms with Crippen LogP contribution >= 0.6 is 15.9 Å². The van der Waals surface area contributed by atoms with E-state index in [4.69, 9.17) is 9.84 Å². The summed E-state index contributed by atoms with van der Waals surface area (Å²) in [6.07, 6.45) is 0. The van der Waals surface area contributed by atoms with Crippen molar-refractivity contribution in [2.24, 2.45) is 0 Å². The van der Waals surface area contributed by atoms with Gasteiger partial charge in [-0.15, -0.1) is 0 Å². The Morgan fingerprint density at radius 1 is 1.33 bits per heavy atom. The van der Waals surface area contributed by atoms with Crippen LogP contribution in [-0.2, 0) is 0 Å². The van der Waals surface area contributed by atoms with Crippen molar-refractivity contribution in [3.63, 3.8) is 0 Å². The molecule has 0 saturated heterocycles. The quantitative estimate of drug-likeness (QED) is 0.801. The van der Waals surface area contributed by atoms with E-state index in [2.05, 4.69) is 15.9 Å². The maximum absolute atomic E-state index is 8.69. The number of hydrogen-bond donors (Lipinski definition) is 1. The van der Waals surface area contributed by atoms with E-state index in [1.54, 1.807) is 0 Å². The molecule has 66 valence electrons. The first-order valence-electron chi connectivity index (χ1n) is 3.75. The summed E-state index contributed by atoms with van der Waals surface area (Å²) in [5, 5.41) is 8.69. The van der Waals surface area contributed by atoms with Gasteiger partial charge in [-0.05, 0) is 12.1 Å². The molecule has 2 nitrogen and oxygen atoms in total. The summed E-state index contributed by atoms with van der Waals surface area (Å²) in [6, 6.07) is 9.54. The van der Waals surface area contributed by atoms with Gasteiger partial charge in [-0.2, -0.15) is 0 Å². The molecule has 0 fully saturated rings. The van der Waals surface area contributed by atoms with Crippen LogP contribution in [-0.4, -0.2) is 23.1 Å². The molecule has 12 heavy (non-hydrogen) atoms. The van der Waals surface area contributed by atoms with E-state index in [0.29, 0.717) is 6.61 Å². The third-order valence-electron chi connectivity index (χ3n) is 1.37. The van der Waals surface area contributed by atoms with Crippen LogP contribution in [0.3, 0.4) is 0 Å². The van der Waals surface area contributed by atoms with Gasteiger partial charge in [0.05, 0.1) is 11.4 Å². The molecule has 0 unspecified atom stereocenters. The average molecular weight is 231 g/mol. The molecule has 0 aromatic heterocycles. The van der Waals surface area contributed by atoms with Gasteiger partial charge in [-0.25, -0.2) is 0 Å². The van der Waals surface area contributed by atoms with Crippen molar-refractivity contribution < 1.29 is 9.84 Å². The molecule has 1 aromatic carbocycles. The summed E-state index contributed by atoms with van der Waals surface area (Å²) in [6.45, 7) is 0.577. The average Bonchev–Trinajstić information content (AvgIpc) is 2.16. The third kappa shape index (κ3) is 3.24. The van der Waals surface area contributed by atoms with Crippen molar-refractivity contribution in [3.8, 4) is 5.75 Å². The lowest BCUT2D eigenvalue weighted by molar-refractivity contribution is 0.243. The van der Waals surface area contributed by atoms with Crippen LogP contribution in [0.5, 0.6) is 5.75 Å². The highest BCUT2D eigenvalue weighted by Gasteiger charge is 2.01. The maximum Gasteiger partial charge on any atom is 0.119 e. The van der Waals surface area contributed by atoms with Crippen LogP contribution in [0.2, 0.25) is 0 Å². The second-order valence-corrected chi connectivity index (χ2v) is 3.70. The Kier molecular flexibility index (Phi) is 4.11. The highest BCUT2D eigenvalue weighted by Crippen LogP contribution is 2.10. The number of rotatable bonds is 4. The fourth-order valence-corrected chi connectivity index (χ4v) is 0.888. The molecule has 1 rings (SSSR count). The Balaban J connectivity index is 2.33. The molecule has 0 aliphatic heterocycles. The molecule has 1 aromatic rings. The summed E-state index contributed by atoms with van der Waals surface area (Å²) in [5.74, 6) is 0.829. The fraction of sp³-hybridized carbons (Fsp3) is 0.333. The molecular formula is C9H11BrO2. The Morgan fingerprint density at radius 2 is 2.00 bits per heavy atom. The summed E-state index contributed by atoms with van der Waals surface area (Å²) in [4.78, 5) is 0.0118. The van der Waals surface area contributed by atoms with E-state index in [9.17, 15) is 0 Å². The van der Waals surface area contributed by atoms with Gasteiger partial charge in [0, 0.05) is 0 Å². The third-order valence-corrected chi connectivity index (χ3v) is 1.93. The molecule has 0 spiro atoms. The first-order chi connectivity index (χ1) is 5.83. The van der Waals surface area contributed by atoms with Crippen LogP contribution in [0.1, 0.15) is 0 Å². The van der Waals surface area contributed by atoms with Gasteiger partial charge in [0.1, 0.15) is 12.4 Å². The number of ether oxygens (including phenoxy) is 1. The van der Waals surface area contributed by atoms with Gasteiger partial charge in [0.15, 0.2) is 0 Å². The minimum absolute atomic E-state index is 0.0118. The number of halogens is 1. The summed E-state index contributed by atoms with van der Waals surface area (Å²) in [5.41, 5.74) is 0. The van der Waals surface area contributed by atoms with Gasteiger partial charge < -0.3 is 9.84 Å². The zero-order valence-corrected chi connectivity index (χ0v) is 8.20.